The van der Waals surface area contributed by atoms with Gasteiger partial charge >= 0.3 is 0 Å². The van der Waals surface area contributed by atoms with Crippen LogP contribution in [0.4, 0.5) is 0 Å². The Hall–Kier alpha value is -6.10. The van der Waals surface area contributed by atoms with E-state index < -0.39 is 0 Å². The summed E-state index contributed by atoms with van der Waals surface area (Å²) in [6.45, 7) is 4.00. The SMILES string of the molecule is C1=Cc2c(n(-c3ccc(-c4cccc5sc6c(-c7cccc(-c8ccccc8)c7)nc(-c7ccccc7)nc6c45)cc3)c3ccccc23)CC1.CC. The van der Waals surface area contributed by atoms with Crippen molar-refractivity contribution in [2.45, 2.75) is 26.7 Å². The summed E-state index contributed by atoms with van der Waals surface area (Å²) in [5, 5.41) is 2.49. The van der Waals surface area contributed by atoms with Gasteiger partial charge < -0.3 is 4.57 Å². The van der Waals surface area contributed by atoms with E-state index in [4.69, 9.17) is 9.97 Å². The molecular formula is C48H37N3S. The van der Waals surface area contributed by atoms with Crippen molar-refractivity contribution < 1.29 is 0 Å². The van der Waals surface area contributed by atoms with Gasteiger partial charge in [-0.3, -0.25) is 0 Å². The zero-order chi connectivity index (χ0) is 35.0. The summed E-state index contributed by atoms with van der Waals surface area (Å²) in [5.74, 6) is 0.737. The Morgan fingerprint density at radius 1 is 0.596 bits per heavy atom. The normalized spacial score (nSPS) is 12.2. The zero-order valence-electron chi connectivity index (χ0n) is 29.3. The van der Waals surface area contributed by atoms with E-state index in [0.717, 1.165) is 45.7 Å². The smallest absolute Gasteiger partial charge is 0.160 e. The predicted octanol–water partition coefficient (Wildman–Crippen LogP) is 13.4. The fourth-order valence-corrected chi connectivity index (χ4v) is 8.75. The van der Waals surface area contributed by atoms with Crippen molar-refractivity contribution in [1.29, 1.82) is 0 Å². The lowest BCUT2D eigenvalue weighted by atomic mass is 9.99. The Kier molecular flexibility index (Phi) is 8.30. The molecule has 0 atom stereocenters. The molecule has 0 amide bonds. The fourth-order valence-electron chi connectivity index (χ4n) is 7.57. The number of allylic oxidation sites excluding steroid dienone is 1. The molecular weight excluding hydrogens is 651 g/mol. The Labute approximate surface area is 308 Å². The maximum Gasteiger partial charge on any atom is 0.160 e. The number of hydrogen-bond donors (Lipinski definition) is 0. The van der Waals surface area contributed by atoms with E-state index in [1.807, 2.05) is 19.9 Å². The molecule has 4 heteroatoms. The van der Waals surface area contributed by atoms with Crippen molar-refractivity contribution in [3.8, 4) is 50.6 Å². The molecule has 9 aromatic rings. The standard InChI is InChI=1S/C46H31N3S.C2H6/c1-3-13-30(14-4-1)33-17-11-18-34(29-33)43-45-44(48-46(47-43)32-15-5-2-6-16-32)42-36(21-12-24-41(42)50-45)31-25-27-35(28-26-31)49-39-22-9-7-19-37(39)38-20-8-10-23-40(38)49;1-2/h1-9,11-22,24-29H,10,23H2;1-2H3. The second kappa shape index (κ2) is 13.6. The van der Waals surface area contributed by atoms with Gasteiger partial charge in [0.2, 0.25) is 0 Å². The highest BCUT2D eigenvalue weighted by molar-refractivity contribution is 7.26. The van der Waals surface area contributed by atoms with Crippen molar-refractivity contribution in [3.05, 3.63) is 169 Å². The first kappa shape index (κ1) is 31.9. The largest absolute Gasteiger partial charge is 0.313 e. The second-order valence-electron chi connectivity index (χ2n) is 12.9. The molecule has 0 N–H and O–H groups in total. The van der Waals surface area contributed by atoms with Crippen molar-refractivity contribution >= 4 is 48.6 Å². The molecule has 0 spiro atoms. The lowest BCUT2D eigenvalue weighted by molar-refractivity contribution is 0.888. The lowest BCUT2D eigenvalue weighted by Crippen LogP contribution is -2.02. The molecule has 3 heterocycles. The van der Waals surface area contributed by atoms with E-state index in [0.29, 0.717) is 0 Å². The van der Waals surface area contributed by atoms with Crippen LogP contribution in [0.25, 0.3) is 87.9 Å². The van der Waals surface area contributed by atoms with Gasteiger partial charge in [-0.15, -0.1) is 11.3 Å². The lowest BCUT2D eigenvalue weighted by Gasteiger charge is -2.14. The highest BCUT2D eigenvalue weighted by Gasteiger charge is 2.21. The third-order valence-electron chi connectivity index (χ3n) is 9.90. The van der Waals surface area contributed by atoms with Crippen LogP contribution in [0.1, 0.15) is 31.5 Å². The van der Waals surface area contributed by atoms with E-state index in [-0.39, 0.29) is 0 Å². The van der Waals surface area contributed by atoms with Crippen LogP contribution >= 0.6 is 11.3 Å². The number of rotatable bonds is 5. The monoisotopic (exact) mass is 687 g/mol. The molecule has 0 saturated heterocycles. The number of nitrogens with zero attached hydrogens (tertiary/aromatic N) is 3. The average Bonchev–Trinajstić information content (AvgIpc) is 3.78. The quantitative estimate of drug-likeness (QED) is 0.180. The topological polar surface area (TPSA) is 30.7 Å². The van der Waals surface area contributed by atoms with Gasteiger partial charge in [-0.05, 0) is 65.4 Å². The molecule has 0 bridgehead atoms. The van der Waals surface area contributed by atoms with Crippen LogP contribution in [0, 0.1) is 0 Å². The second-order valence-corrected chi connectivity index (χ2v) is 13.9. The van der Waals surface area contributed by atoms with Gasteiger partial charge in [0.1, 0.15) is 0 Å². The summed E-state index contributed by atoms with van der Waals surface area (Å²) in [6, 6.07) is 54.1. The Bertz CT molecular complexity index is 2740. The van der Waals surface area contributed by atoms with Crippen molar-refractivity contribution in [1.82, 2.24) is 14.5 Å². The van der Waals surface area contributed by atoms with E-state index >= 15 is 0 Å². The molecule has 0 fully saturated rings. The van der Waals surface area contributed by atoms with Crippen LogP contribution in [-0.4, -0.2) is 14.5 Å². The van der Waals surface area contributed by atoms with Gasteiger partial charge in [-0.25, -0.2) is 9.97 Å². The zero-order valence-corrected chi connectivity index (χ0v) is 30.1. The molecule has 0 aliphatic heterocycles. The number of para-hydroxylation sites is 1. The predicted molar refractivity (Wildman–Crippen MR) is 222 cm³/mol. The molecule has 250 valence electrons. The molecule has 1 aliphatic carbocycles. The van der Waals surface area contributed by atoms with Crippen LogP contribution in [0.15, 0.2) is 158 Å². The molecule has 0 saturated carbocycles. The Balaban J connectivity index is 0.00000177. The highest BCUT2D eigenvalue weighted by atomic mass is 32.1. The highest BCUT2D eigenvalue weighted by Crippen LogP contribution is 2.44. The molecule has 0 unspecified atom stereocenters. The van der Waals surface area contributed by atoms with Crippen LogP contribution < -0.4 is 0 Å². The first-order valence-corrected chi connectivity index (χ1v) is 19.0. The van der Waals surface area contributed by atoms with E-state index in [2.05, 4.69) is 162 Å². The summed E-state index contributed by atoms with van der Waals surface area (Å²) in [7, 11) is 0. The Morgan fingerprint density at radius 2 is 1.29 bits per heavy atom. The number of benzene rings is 6. The number of hydrogen-bond acceptors (Lipinski definition) is 3. The van der Waals surface area contributed by atoms with Crippen molar-refractivity contribution in [2.24, 2.45) is 0 Å². The summed E-state index contributed by atoms with van der Waals surface area (Å²) >= 11 is 1.78. The minimum absolute atomic E-state index is 0.737. The van der Waals surface area contributed by atoms with Crippen LogP contribution in [0.2, 0.25) is 0 Å². The molecule has 1 aliphatic rings. The average molecular weight is 688 g/mol. The van der Waals surface area contributed by atoms with Crippen molar-refractivity contribution in [3.63, 3.8) is 0 Å². The third-order valence-corrected chi connectivity index (χ3v) is 11.1. The molecule has 10 rings (SSSR count). The van der Waals surface area contributed by atoms with Gasteiger partial charge in [0.15, 0.2) is 5.82 Å². The van der Waals surface area contributed by atoms with E-state index in [9.17, 15) is 0 Å². The summed E-state index contributed by atoms with van der Waals surface area (Å²) in [5.41, 5.74) is 14.0. The molecule has 52 heavy (non-hydrogen) atoms. The summed E-state index contributed by atoms with van der Waals surface area (Å²) in [4.78, 5) is 10.6. The number of thiophene rings is 1. The first-order chi connectivity index (χ1) is 25.8. The van der Waals surface area contributed by atoms with E-state index in [1.165, 1.54) is 60.2 Å². The number of fused-ring (bicyclic) bond motifs is 6. The van der Waals surface area contributed by atoms with Gasteiger partial charge in [-0.2, -0.15) is 0 Å². The van der Waals surface area contributed by atoms with Crippen LogP contribution in [-0.2, 0) is 6.42 Å². The van der Waals surface area contributed by atoms with Gasteiger partial charge in [-0.1, -0.05) is 147 Å². The maximum absolute atomic E-state index is 5.32. The first-order valence-electron chi connectivity index (χ1n) is 18.1. The molecule has 0 radical (unpaired) electrons. The van der Waals surface area contributed by atoms with Gasteiger partial charge in [0, 0.05) is 43.5 Å². The Morgan fingerprint density at radius 3 is 2.10 bits per heavy atom. The van der Waals surface area contributed by atoms with Gasteiger partial charge in [0.05, 0.1) is 21.4 Å². The molecule has 3 nitrogen and oxygen atoms in total. The van der Waals surface area contributed by atoms with Crippen LogP contribution in [0.5, 0.6) is 0 Å². The van der Waals surface area contributed by atoms with E-state index in [1.54, 1.807) is 11.3 Å². The summed E-state index contributed by atoms with van der Waals surface area (Å²) < 4.78 is 4.76. The maximum atomic E-state index is 5.32. The van der Waals surface area contributed by atoms with Crippen molar-refractivity contribution in [2.75, 3.05) is 0 Å². The minimum atomic E-state index is 0.737. The van der Waals surface area contributed by atoms with Gasteiger partial charge in [0.25, 0.3) is 0 Å². The van der Waals surface area contributed by atoms with Crippen LogP contribution in [0.3, 0.4) is 0 Å². The molecule has 6 aromatic carbocycles. The number of aromatic nitrogens is 3. The summed E-state index contributed by atoms with van der Waals surface area (Å²) in [6.07, 6.45) is 6.71. The third kappa shape index (κ3) is 5.44. The minimum Gasteiger partial charge on any atom is -0.313 e. The fraction of sp³-hybridized carbons (Fsp3) is 0.0833. The molecule has 3 aromatic heterocycles.